The van der Waals surface area contributed by atoms with Gasteiger partial charge in [0, 0.05) is 18.0 Å². The molecule has 1 aromatic carbocycles. The van der Waals surface area contributed by atoms with Crippen molar-refractivity contribution in [1.82, 2.24) is 4.98 Å². The summed E-state index contributed by atoms with van der Waals surface area (Å²) in [4.78, 5) is 15.4. The van der Waals surface area contributed by atoms with Gasteiger partial charge in [0.2, 0.25) is 5.91 Å². The number of nitrogens with zero attached hydrogens (tertiary/aromatic N) is 1. The number of carbonyl (C=O) groups is 1. The van der Waals surface area contributed by atoms with Crippen LogP contribution in [0.4, 0.5) is 5.69 Å². The van der Waals surface area contributed by atoms with Crippen molar-refractivity contribution >= 4 is 22.5 Å². The van der Waals surface area contributed by atoms with Gasteiger partial charge in [-0.2, -0.15) is 0 Å². The van der Waals surface area contributed by atoms with Crippen LogP contribution in [0.25, 0.3) is 10.9 Å². The average Bonchev–Trinajstić information content (AvgIpc) is 2.42. The highest BCUT2D eigenvalue weighted by Crippen LogP contribution is 2.22. The van der Waals surface area contributed by atoms with E-state index in [0.29, 0.717) is 0 Å². The molecule has 3 heteroatoms. The quantitative estimate of drug-likeness (QED) is 0.817. The van der Waals surface area contributed by atoms with Crippen molar-refractivity contribution in [3.05, 3.63) is 36.0 Å². The average molecular weight is 260 g/mol. The minimum absolute atomic E-state index is 0.0641. The highest BCUT2D eigenvalue weighted by atomic mass is 16.1. The molecule has 0 aliphatic rings. The first kappa shape index (κ1) is 17.1. The maximum absolute atomic E-state index is 11.0. The predicted molar refractivity (Wildman–Crippen MR) is 83.5 cm³/mol. The molecule has 1 heterocycles. The molecular weight excluding hydrogens is 236 g/mol. The van der Waals surface area contributed by atoms with Gasteiger partial charge in [-0.1, -0.05) is 45.9 Å². The maximum atomic E-state index is 11.0. The molecule has 104 valence electrons. The van der Waals surface area contributed by atoms with Gasteiger partial charge in [-0.3, -0.25) is 9.78 Å². The molecule has 0 saturated heterocycles. The Labute approximate surface area is 116 Å². The maximum Gasteiger partial charge on any atom is 0.221 e. The summed E-state index contributed by atoms with van der Waals surface area (Å²) in [7, 11) is 0. The molecule has 0 unspecified atom stereocenters. The molecule has 1 aromatic heterocycles. The van der Waals surface area contributed by atoms with Gasteiger partial charge in [0.15, 0.2) is 0 Å². The Kier molecular flexibility index (Phi) is 8.18. The van der Waals surface area contributed by atoms with Crippen LogP contribution in [0, 0.1) is 6.92 Å². The molecule has 1 amide bonds. The molecule has 1 N–H and O–H groups in total. The van der Waals surface area contributed by atoms with Crippen LogP contribution < -0.4 is 5.32 Å². The molecule has 0 radical (unpaired) electrons. The third-order valence-electron chi connectivity index (χ3n) is 2.15. The zero-order chi connectivity index (χ0) is 14.8. The van der Waals surface area contributed by atoms with Gasteiger partial charge < -0.3 is 5.32 Å². The molecule has 2 rings (SSSR count). The van der Waals surface area contributed by atoms with E-state index in [1.54, 1.807) is 0 Å². The monoisotopic (exact) mass is 260 g/mol. The lowest BCUT2D eigenvalue weighted by molar-refractivity contribution is -0.114. The van der Waals surface area contributed by atoms with Crippen LogP contribution in [0.2, 0.25) is 0 Å². The van der Waals surface area contributed by atoms with Crippen LogP contribution in [-0.2, 0) is 4.79 Å². The van der Waals surface area contributed by atoms with Gasteiger partial charge in [0.05, 0.1) is 11.2 Å². The lowest BCUT2D eigenvalue weighted by Gasteiger charge is -2.07. The summed E-state index contributed by atoms with van der Waals surface area (Å²) < 4.78 is 0. The Bertz CT molecular complexity index is 521. The standard InChI is InChI=1S/C12H12N2O.2C2H6/c1-8-7-12(14-9(2)15)10-5-3-4-6-11(10)13-8;2*1-2/h3-7H,1-2H3,(H,13,14,15);2*1-2H3. The number of anilines is 1. The fourth-order valence-electron chi connectivity index (χ4n) is 1.60. The van der Waals surface area contributed by atoms with Crippen LogP contribution in [0.3, 0.4) is 0 Å². The van der Waals surface area contributed by atoms with Crippen molar-refractivity contribution in [2.75, 3.05) is 5.32 Å². The normalized spacial score (nSPS) is 8.74. The summed E-state index contributed by atoms with van der Waals surface area (Å²) in [5, 5.41) is 3.78. The lowest BCUT2D eigenvalue weighted by Crippen LogP contribution is -2.06. The van der Waals surface area contributed by atoms with Gasteiger partial charge in [0.25, 0.3) is 0 Å². The van der Waals surface area contributed by atoms with Gasteiger partial charge in [0.1, 0.15) is 0 Å². The number of hydrogen-bond acceptors (Lipinski definition) is 2. The number of aryl methyl sites for hydroxylation is 1. The zero-order valence-corrected chi connectivity index (χ0v) is 12.7. The molecule has 0 bridgehead atoms. The van der Waals surface area contributed by atoms with E-state index in [1.165, 1.54) is 6.92 Å². The SMILES string of the molecule is CC.CC.CC(=O)Nc1cc(C)nc2ccccc12. The molecule has 19 heavy (non-hydrogen) atoms. The van der Waals surface area contributed by atoms with Crippen molar-refractivity contribution < 1.29 is 4.79 Å². The molecule has 0 spiro atoms. The summed E-state index contributed by atoms with van der Waals surface area (Å²) in [5.41, 5.74) is 2.63. The topological polar surface area (TPSA) is 42.0 Å². The summed E-state index contributed by atoms with van der Waals surface area (Å²) in [6, 6.07) is 9.64. The van der Waals surface area contributed by atoms with Crippen LogP contribution in [0.1, 0.15) is 40.3 Å². The van der Waals surface area contributed by atoms with E-state index < -0.39 is 0 Å². The number of pyridine rings is 1. The largest absolute Gasteiger partial charge is 0.326 e. The molecule has 2 aromatic rings. The molecule has 0 fully saturated rings. The molecule has 0 saturated carbocycles. The number of para-hydroxylation sites is 1. The third-order valence-corrected chi connectivity index (χ3v) is 2.15. The summed E-state index contributed by atoms with van der Waals surface area (Å²) in [5.74, 6) is -0.0641. The Morgan fingerprint density at radius 1 is 1.11 bits per heavy atom. The number of rotatable bonds is 1. The minimum Gasteiger partial charge on any atom is -0.326 e. The van der Waals surface area contributed by atoms with Crippen LogP contribution in [0.5, 0.6) is 0 Å². The first-order valence-electron chi connectivity index (χ1n) is 6.81. The van der Waals surface area contributed by atoms with Gasteiger partial charge >= 0.3 is 0 Å². The third kappa shape index (κ3) is 5.08. The van der Waals surface area contributed by atoms with Crippen molar-refractivity contribution in [3.63, 3.8) is 0 Å². The minimum atomic E-state index is -0.0641. The number of benzene rings is 1. The fourth-order valence-corrected chi connectivity index (χ4v) is 1.60. The molecule has 0 aliphatic heterocycles. The van der Waals surface area contributed by atoms with Gasteiger partial charge in [-0.05, 0) is 19.1 Å². The number of carbonyl (C=O) groups excluding carboxylic acids is 1. The van der Waals surface area contributed by atoms with E-state index in [2.05, 4.69) is 10.3 Å². The lowest BCUT2D eigenvalue weighted by atomic mass is 10.1. The van der Waals surface area contributed by atoms with E-state index in [9.17, 15) is 4.79 Å². The second kappa shape index (κ2) is 9.09. The predicted octanol–water partition coefficient (Wildman–Crippen LogP) is 4.55. The highest BCUT2D eigenvalue weighted by Gasteiger charge is 2.03. The van der Waals surface area contributed by atoms with E-state index in [4.69, 9.17) is 0 Å². The molecule has 0 atom stereocenters. The van der Waals surface area contributed by atoms with Crippen molar-refractivity contribution in [2.24, 2.45) is 0 Å². The highest BCUT2D eigenvalue weighted by molar-refractivity contribution is 6.00. The van der Waals surface area contributed by atoms with Gasteiger partial charge in [-0.25, -0.2) is 0 Å². The number of amides is 1. The Balaban J connectivity index is 0.000000741. The second-order valence-electron chi connectivity index (χ2n) is 3.51. The van der Waals surface area contributed by atoms with E-state index in [-0.39, 0.29) is 5.91 Å². The number of nitrogens with one attached hydrogen (secondary N) is 1. The summed E-state index contributed by atoms with van der Waals surface area (Å²) in [6.07, 6.45) is 0. The second-order valence-corrected chi connectivity index (χ2v) is 3.51. The Hall–Kier alpha value is -1.90. The van der Waals surface area contributed by atoms with Crippen molar-refractivity contribution in [2.45, 2.75) is 41.5 Å². The molecular formula is C16H24N2O. The smallest absolute Gasteiger partial charge is 0.221 e. The first-order chi connectivity index (χ1) is 9.16. The van der Waals surface area contributed by atoms with Crippen LogP contribution in [-0.4, -0.2) is 10.9 Å². The number of aromatic nitrogens is 1. The van der Waals surface area contributed by atoms with Crippen LogP contribution >= 0.6 is 0 Å². The van der Waals surface area contributed by atoms with Crippen LogP contribution in [0.15, 0.2) is 30.3 Å². The van der Waals surface area contributed by atoms with E-state index >= 15 is 0 Å². The molecule has 3 nitrogen and oxygen atoms in total. The Morgan fingerprint density at radius 3 is 2.26 bits per heavy atom. The van der Waals surface area contributed by atoms with E-state index in [0.717, 1.165) is 22.3 Å². The molecule has 0 aliphatic carbocycles. The zero-order valence-electron chi connectivity index (χ0n) is 12.7. The van der Waals surface area contributed by atoms with E-state index in [1.807, 2.05) is 65.0 Å². The summed E-state index contributed by atoms with van der Waals surface area (Å²) >= 11 is 0. The van der Waals surface area contributed by atoms with Crippen molar-refractivity contribution in [3.8, 4) is 0 Å². The fraction of sp³-hybridized carbons (Fsp3) is 0.375. The number of fused-ring (bicyclic) bond motifs is 1. The van der Waals surface area contributed by atoms with Gasteiger partial charge in [-0.15, -0.1) is 0 Å². The number of hydrogen-bond donors (Lipinski definition) is 1. The van der Waals surface area contributed by atoms with Crippen molar-refractivity contribution in [1.29, 1.82) is 0 Å². The summed E-state index contributed by atoms with van der Waals surface area (Å²) in [6.45, 7) is 11.4. The Morgan fingerprint density at radius 2 is 1.68 bits per heavy atom. The first-order valence-corrected chi connectivity index (χ1v) is 6.81.